The number of anilines is 3. The number of carbonyl (C=O) groups excluding carboxylic acids is 1. The van der Waals surface area contributed by atoms with Crippen molar-refractivity contribution < 1.29 is 9.53 Å². The van der Waals surface area contributed by atoms with Crippen LogP contribution in [0.2, 0.25) is 5.02 Å². The molecule has 156 valence electrons. The highest BCUT2D eigenvalue weighted by Crippen LogP contribution is 2.26. The molecule has 3 aromatic rings. The normalized spacial score (nSPS) is 11.6. The van der Waals surface area contributed by atoms with Crippen LogP contribution in [-0.4, -0.2) is 17.7 Å². The monoisotopic (exact) mass is 424 g/mol. The highest BCUT2D eigenvalue weighted by Gasteiger charge is 2.15. The van der Waals surface area contributed by atoms with Crippen LogP contribution in [0.15, 0.2) is 60.7 Å². The standard InChI is InChI=1S/C23H25ClN4O2/c1-3-30-23(29)27-19-12-13-21(28-22(19)25)26-20(17-8-4-15(2)5-9-17)14-16-6-10-18(24)11-7-16/h4-13,20H,3,14H2,1-2H3,(H,27,29)(H3,25,26,28). The number of carbonyl (C=O) groups is 1. The van der Waals surface area contributed by atoms with Crippen molar-refractivity contribution in [1.29, 1.82) is 0 Å². The van der Waals surface area contributed by atoms with Gasteiger partial charge in [0.15, 0.2) is 0 Å². The number of benzene rings is 2. The number of aromatic nitrogens is 1. The Morgan fingerprint density at radius 2 is 1.80 bits per heavy atom. The maximum atomic E-state index is 11.6. The number of rotatable bonds is 7. The Kier molecular flexibility index (Phi) is 7.14. The molecule has 0 aliphatic carbocycles. The molecule has 0 fully saturated rings. The first-order chi connectivity index (χ1) is 14.4. The number of nitrogens with zero attached hydrogens (tertiary/aromatic N) is 1. The van der Waals surface area contributed by atoms with Crippen molar-refractivity contribution in [2.45, 2.75) is 26.3 Å². The lowest BCUT2D eigenvalue weighted by molar-refractivity contribution is 0.168. The van der Waals surface area contributed by atoms with Crippen LogP contribution in [0.3, 0.4) is 0 Å². The van der Waals surface area contributed by atoms with Gasteiger partial charge in [-0.05, 0) is 55.7 Å². The zero-order valence-electron chi connectivity index (χ0n) is 17.0. The average molecular weight is 425 g/mol. The van der Waals surface area contributed by atoms with Crippen LogP contribution in [0.5, 0.6) is 0 Å². The number of ether oxygens (including phenoxy) is 1. The first kappa shape index (κ1) is 21.5. The lowest BCUT2D eigenvalue weighted by atomic mass is 9.98. The van der Waals surface area contributed by atoms with Gasteiger partial charge in [-0.15, -0.1) is 0 Å². The lowest BCUT2D eigenvalue weighted by Crippen LogP contribution is -2.17. The van der Waals surface area contributed by atoms with E-state index in [1.807, 2.05) is 24.3 Å². The van der Waals surface area contributed by atoms with Crippen LogP contribution in [0, 0.1) is 6.92 Å². The van der Waals surface area contributed by atoms with Crippen LogP contribution in [0.4, 0.5) is 22.1 Å². The van der Waals surface area contributed by atoms with Gasteiger partial charge in [-0.25, -0.2) is 9.78 Å². The zero-order valence-corrected chi connectivity index (χ0v) is 17.7. The molecule has 6 nitrogen and oxygen atoms in total. The van der Waals surface area contributed by atoms with Crippen LogP contribution in [0.1, 0.15) is 29.7 Å². The second-order valence-electron chi connectivity index (χ2n) is 6.91. The second-order valence-corrected chi connectivity index (χ2v) is 7.35. The summed E-state index contributed by atoms with van der Waals surface area (Å²) in [5.74, 6) is 0.823. The molecule has 0 spiro atoms. The fourth-order valence-corrected chi connectivity index (χ4v) is 3.15. The van der Waals surface area contributed by atoms with Crippen molar-refractivity contribution >= 4 is 35.0 Å². The fraction of sp³-hybridized carbons (Fsp3) is 0.217. The van der Waals surface area contributed by atoms with Gasteiger partial charge < -0.3 is 15.8 Å². The largest absolute Gasteiger partial charge is 0.450 e. The molecule has 3 rings (SSSR count). The van der Waals surface area contributed by atoms with E-state index in [0.29, 0.717) is 16.5 Å². The Labute approximate surface area is 181 Å². The van der Waals surface area contributed by atoms with Gasteiger partial charge in [-0.3, -0.25) is 5.32 Å². The van der Waals surface area contributed by atoms with E-state index in [-0.39, 0.29) is 18.5 Å². The van der Waals surface area contributed by atoms with Gasteiger partial charge in [0.1, 0.15) is 11.6 Å². The minimum absolute atomic E-state index is 0.0254. The van der Waals surface area contributed by atoms with Crippen molar-refractivity contribution in [2.75, 3.05) is 23.0 Å². The summed E-state index contributed by atoms with van der Waals surface area (Å²) in [5, 5.41) is 6.75. The molecule has 0 bridgehead atoms. The predicted octanol–water partition coefficient (Wildman–Crippen LogP) is 5.59. The molecule has 0 aliphatic rings. The topological polar surface area (TPSA) is 89.3 Å². The molecule has 2 aromatic carbocycles. The number of hydrogen-bond acceptors (Lipinski definition) is 5. The molecule has 7 heteroatoms. The Balaban J connectivity index is 1.81. The van der Waals surface area contributed by atoms with E-state index < -0.39 is 6.09 Å². The first-order valence-electron chi connectivity index (χ1n) is 9.72. The molecule has 30 heavy (non-hydrogen) atoms. The molecule has 1 heterocycles. The summed E-state index contributed by atoms with van der Waals surface area (Å²) in [7, 11) is 0. The number of aryl methyl sites for hydroxylation is 1. The van der Waals surface area contributed by atoms with Gasteiger partial charge in [-0.1, -0.05) is 53.6 Å². The summed E-state index contributed by atoms with van der Waals surface area (Å²) in [6.07, 6.45) is 0.178. The van der Waals surface area contributed by atoms with E-state index in [4.69, 9.17) is 22.1 Å². The van der Waals surface area contributed by atoms with Crippen molar-refractivity contribution in [3.05, 3.63) is 82.4 Å². The molecule has 4 N–H and O–H groups in total. The van der Waals surface area contributed by atoms with Crippen LogP contribution in [0.25, 0.3) is 0 Å². The number of hydrogen-bond donors (Lipinski definition) is 3. The molecule has 1 unspecified atom stereocenters. The fourth-order valence-electron chi connectivity index (χ4n) is 3.02. The van der Waals surface area contributed by atoms with Crippen LogP contribution >= 0.6 is 11.6 Å². The predicted molar refractivity (Wildman–Crippen MR) is 122 cm³/mol. The number of amides is 1. The maximum absolute atomic E-state index is 11.6. The van der Waals surface area contributed by atoms with Gasteiger partial charge in [0.25, 0.3) is 0 Å². The van der Waals surface area contributed by atoms with E-state index in [2.05, 4.69) is 46.8 Å². The molecule has 0 saturated heterocycles. The van der Waals surface area contributed by atoms with Crippen molar-refractivity contribution in [2.24, 2.45) is 0 Å². The summed E-state index contributed by atoms with van der Waals surface area (Å²) in [6, 6.07) is 19.6. The summed E-state index contributed by atoms with van der Waals surface area (Å²) < 4.78 is 4.88. The molecule has 1 aromatic heterocycles. The van der Waals surface area contributed by atoms with Crippen LogP contribution in [-0.2, 0) is 11.2 Å². The average Bonchev–Trinajstić information content (AvgIpc) is 2.72. The van der Waals surface area contributed by atoms with Gasteiger partial charge in [0.2, 0.25) is 0 Å². The Morgan fingerprint density at radius 3 is 2.43 bits per heavy atom. The van der Waals surface area contributed by atoms with Crippen molar-refractivity contribution in [3.63, 3.8) is 0 Å². The molecule has 1 atom stereocenters. The first-order valence-corrected chi connectivity index (χ1v) is 10.1. The smallest absolute Gasteiger partial charge is 0.411 e. The summed E-state index contributed by atoms with van der Waals surface area (Å²) >= 11 is 6.02. The SMILES string of the molecule is CCOC(=O)Nc1ccc(NC(Cc2ccc(Cl)cc2)c2ccc(C)cc2)nc1N. The number of nitrogen functional groups attached to an aromatic ring is 1. The summed E-state index contributed by atoms with van der Waals surface area (Å²) in [5.41, 5.74) is 9.91. The number of nitrogens with two attached hydrogens (primary N) is 1. The summed E-state index contributed by atoms with van der Waals surface area (Å²) in [6.45, 7) is 4.07. The second kappa shape index (κ2) is 9.98. The zero-order chi connectivity index (χ0) is 21.5. The van der Waals surface area contributed by atoms with E-state index in [1.165, 1.54) is 5.56 Å². The summed E-state index contributed by atoms with van der Waals surface area (Å²) in [4.78, 5) is 16.0. The Hall–Kier alpha value is -3.25. The molecule has 0 saturated carbocycles. The molecular weight excluding hydrogens is 400 g/mol. The van der Waals surface area contributed by atoms with E-state index in [1.54, 1.807) is 19.1 Å². The minimum atomic E-state index is -0.563. The third kappa shape index (κ3) is 5.87. The van der Waals surface area contributed by atoms with Gasteiger partial charge in [0.05, 0.1) is 18.3 Å². The number of pyridine rings is 1. The highest BCUT2D eigenvalue weighted by molar-refractivity contribution is 6.30. The maximum Gasteiger partial charge on any atom is 0.411 e. The quantitative estimate of drug-likeness (QED) is 0.460. The highest BCUT2D eigenvalue weighted by atomic mass is 35.5. The third-order valence-corrected chi connectivity index (χ3v) is 4.84. The van der Waals surface area contributed by atoms with Gasteiger partial charge >= 0.3 is 6.09 Å². The minimum Gasteiger partial charge on any atom is -0.450 e. The number of nitrogens with one attached hydrogen (secondary N) is 2. The van der Waals surface area contributed by atoms with Crippen molar-refractivity contribution in [3.8, 4) is 0 Å². The van der Waals surface area contributed by atoms with E-state index >= 15 is 0 Å². The van der Waals surface area contributed by atoms with E-state index in [0.717, 1.165) is 17.5 Å². The van der Waals surface area contributed by atoms with Crippen molar-refractivity contribution in [1.82, 2.24) is 4.98 Å². The molecule has 1 amide bonds. The Bertz CT molecular complexity index is 991. The van der Waals surface area contributed by atoms with Gasteiger partial charge in [0, 0.05) is 5.02 Å². The number of halogens is 1. The Morgan fingerprint density at radius 1 is 1.10 bits per heavy atom. The lowest BCUT2D eigenvalue weighted by Gasteiger charge is -2.21. The van der Waals surface area contributed by atoms with Crippen LogP contribution < -0.4 is 16.4 Å². The molecule has 0 aliphatic heterocycles. The molecule has 0 radical (unpaired) electrons. The van der Waals surface area contributed by atoms with Gasteiger partial charge in [-0.2, -0.15) is 0 Å². The van der Waals surface area contributed by atoms with E-state index in [9.17, 15) is 4.79 Å². The molecular formula is C23H25ClN4O2. The third-order valence-electron chi connectivity index (χ3n) is 4.59.